The first kappa shape index (κ1) is 17.2. The third-order valence-electron chi connectivity index (χ3n) is 4.01. The molecule has 0 amide bonds. The van der Waals surface area contributed by atoms with Gasteiger partial charge in [0.1, 0.15) is 5.82 Å². The van der Waals surface area contributed by atoms with Crippen LogP contribution in [0.15, 0.2) is 54.7 Å². The number of nitrogens with one attached hydrogen (secondary N) is 2. The fraction of sp³-hybridized carbons (Fsp3) is 0.200. The minimum Gasteiger partial charge on any atom is -0.370 e. The van der Waals surface area contributed by atoms with E-state index in [-0.39, 0.29) is 0 Å². The maximum Gasteiger partial charge on any atom is 0.229 e. The number of para-hydroxylation sites is 1. The molecule has 3 rings (SSSR count). The van der Waals surface area contributed by atoms with Crippen molar-refractivity contribution in [3.05, 3.63) is 76.4 Å². The van der Waals surface area contributed by atoms with Crippen molar-refractivity contribution >= 4 is 29.1 Å². The number of anilines is 3. The normalized spacial score (nSPS) is 10.5. The molecule has 1 heterocycles. The van der Waals surface area contributed by atoms with Crippen molar-refractivity contribution < 1.29 is 0 Å². The molecule has 0 aliphatic carbocycles. The summed E-state index contributed by atoms with van der Waals surface area (Å²) in [6.07, 6.45) is 2.66. The molecule has 0 aliphatic heterocycles. The Bertz CT molecular complexity index is 826. The Morgan fingerprint density at radius 3 is 2.40 bits per heavy atom. The van der Waals surface area contributed by atoms with Crippen LogP contribution in [0.2, 0.25) is 5.02 Å². The van der Waals surface area contributed by atoms with E-state index in [2.05, 4.69) is 46.6 Å². The lowest BCUT2D eigenvalue weighted by molar-refractivity contribution is 1.00. The average molecular weight is 353 g/mol. The zero-order chi connectivity index (χ0) is 17.6. The van der Waals surface area contributed by atoms with Crippen LogP contribution in [0.3, 0.4) is 0 Å². The Kier molecular flexibility index (Phi) is 5.51. The van der Waals surface area contributed by atoms with Crippen LogP contribution in [0.4, 0.5) is 17.5 Å². The van der Waals surface area contributed by atoms with Crippen molar-refractivity contribution in [2.75, 3.05) is 17.2 Å². The van der Waals surface area contributed by atoms with Crippen molar-refractivity contribution in [1.29, 1.82) is 0 Å². The summed E-state index contributed by atoms with van der Waals surface area (Å²) >= 11 is 5.91. The minimum absolute atomic E-state index is 0.592. The third-order valence-corrected chi connectivity index (χ3v) is 4.26. The number of hydrogen-bond acceptors (Lipinski definition) is 4. The molecule has 25 heavy (non-hydrogen) atoms. The van der Waals surface area contributed by atoms with Gasteiger partial charge < -0.3 is 10.6 Å². The molecule has 4 nitrogen and oxygen atoms in total. The quantitative estimate of drug-likeness (QED) is 0.644. The van der Waals surface area contributed by atoms with Crippen molar-refractivity contribution in [2.45, 2.75) is 20.3 Å². The van der Waals surface area contributed by atoms with Gasteiger partial charge in [-0.2, -0.15) is 4.98 Å². The first-order valence-electron chi connectivity index (χ1n) is 8.26. The van der Waals surface area contributed by atoms with E-state index in [0.717, 1.165) is 29.5 Å². The number of benzene rings is 2. The molecule has 128 valence electrons. The van der Waals surface area contributed by atoms with E-state index in [9.17, 15) is 0 Å². The molecule has 2 N–H and O–H groups in total. The topological polar surface area (TPSA) is 49.8 Å². The van der Waals surface area contributed by atoms with Gasteiger partial charge in [0.05, 0.1) is 0 Å². The van der Waals surface area contributed by atoms with Crippen LogP contribution in [0.1, 0.15) is 16.7 Å². The van der Waals surface area contributed by atoms with Gasteiger partial charge >= 0.3 is 0 Å². The third kappa shape index (κ3) is 4.70. The second kappa shape index (κ2) is 7.99. The summed E-state index contributed by atoms with van der Waals surface area (Å²) in [6, 6.07) is 16.0. The number of rotatable bonds is 6. The number of halogens is 1. The molecule has 0 saturated carbocycles. The van der Waals surface area contributed by atoms with Gasteiger partial charge in [0.25, 0.3) is 0 Å². The van der Waals surface area contributed by atoms with E-state index in [1.807, 2.05) is 36.4 Å². The molecular formula is C20H21ClN4. The highest BCUT2D eigenvalue weighted by atomic mass is 35.5. The molecule has 0 spiro atoms. The fourth-order valence-electron chi connectivity index (χ4n) is 2.63. The summed E-state index contributed by atoms with van der Waals surface area (Å²) in [6.45, 7) is 4.94. The summed E-state index contributed by atoms with van der Waals surface area (Å²) < 4.78 is 0. The molecule has 0 fully saturated rings. The van der Waals surface area contributed by atoms with Gasteiger partial charge in [-0.05, 0) is 55.2 Å². The summed E-state index contributed by atoms with van der Waals surface area (Å²) in [7, 11) is 0. The molecule has 1 aromatic heterocycles. The average Bonchev–Trinajstić information content (AvgIpc) is 2.60. The van der Waals surface area contributed by atoms with E-state index in [0.29, 0.717) is 5.95 Å². The Morgan fingerprint density at radius 2 is 1.68 bits per heavy atom. The minimum atomic E-state index is 0.592. The predicted molar refractivity (Wildman–Crippen MR) is 105 cm³/mol. The van der Waals surface area contributed by atoms with Gasteiger partial charge in [0.2, 0.25) is 5.95 Å². The number of aromatic nitrogens is 2. The molecule has 0 saturated heterocycles. The Morgan fingerprint density at radius 1 is 0.960 bits per heavy atom. The lowest BCUT2D eigenvalue weighted by atomic mass is 10.1. The van der Waals surface area contributed by atoms with Crippen LogP contribution in [0.25, 0.3) is 0 Å². The molecule has 3 aromatic rings. The van der Waals surface area contributed by atoms with Crippen molar-refractivity contribution in [3.63, 3.8) is 0 Å². The highest BCUT2D eigenvalue weighted by Crippen LogP contribution is 2.22. The Hall–Kier alpha value is -2.59. The van der Waals surface area contributed by atoms with Gasteiger partial charge in [-0.1, -0.05) is 41.9 Å². The molecule has 0 aliphatic rings. The lowest BCUT2D eigenvalue weighted by Gasteiger charge is -2.12. The monoisotopic (exact) mass is 352 g/mol. The van der Waals surface area contributed by atoms with E-state index in [1.54, 1.807) is 6.20 Å². The highest BCUT2D eigenvalue weighted by molar-refractivity contribution is 6.30. The Labute approximate surface area is 153 Å². The van der Waals surface area contributed by atoms with Crippen molar-refractivity contribution in [1.82, 2.24) is 9.97 Å². The van der Waals surface area contributed by atoms with Gasteiger partial charge in [0.15, 0.2) is 0 Å². The van der Waals surface area contributed by atoms with Crippen molar-refractivity contribution in [3.8, 4) is 0 Å². The van der Waals surface area contributed by atoms with E-state index in [4.69, 9.17) is 11.6 Å². The van der Waals surface area contributed by atoms with E-state index in [1.165, 1.54) is 16.7 Å². The number of aryl methyl sites for hydroxylation is 2. The molecular weight excluding hydrogens is 332 g/mol. The summed E-state index contributed by atoms with van der Waals surface area (Å²) in [5.74, 6) is 1.39. The van der Waals surface area contributed by atoms with Gasteiger partial charge in [-0.3, -0.25) is 0 Å². The van der Waals surface area contributed by atoms with Crippen LogP contribution in [-0.4, -0.2) is 16.5 Å². The summed E-state index contributed by atoms with van der Waals surface area (Å²) in [5.41, 5.74) is 4.63. The smallest absolute Gasteiger partial charge is 0.229 e. The number of nitrogens with zero attached hydrogens (tertiary/aromatic N) is 2. The molecule has 0 unspecified atom stereocenters. The van der Waals surface area contributed by atoms with Crippen LogP contribution >= 0.6 is 11.6 Å². The fourth-order valence-corrected chi connectivity index (χ4v) is 2.75. The molecule has 5 heteroatoms. The second-order valence-corrected chi connectivity index (χ2v) is 6.40. The first-order chi connectivity index (χ1) is 12.1. The number of hydrogen-bond donors (Lipinski definition) is 2. The van der Waals surface area contributed by atoms with Crippen LogP contribution < -0.4 is 10.6 Å². The summed E-state index contributed by atoms with van der Waals surface area (Å²) in [5, 5.41) is 7.42. The molecule has 2 aromatic carbocycles. The van der Waals surface area contributed by atoms with E-state index >= 15 is 0 Å². The van der Waals surface area contributed by atoms with E-state index < -0.39 is 0 Å². The molecule has 0 atom stereocenters. The Balaban J connectivity index is 1.62. The lowest BCUT2D eigenvalue weighted by Crippen LogP contribution is -2.08. The molecule has 0 radical (unpaired) electrons. The van der Waals surface area contributed by atoms with Crippen LogP contribution in [0.5, 0.6) is 0 Å². The van der Waals surface area contributed by atoms with Gasteiger partial charge in [-0.25, -0.2) is 4.98 Å². The van der Waals surface area contributed by atoms with Gasteiger partial charge in [-0.15, -0.1) is 0 Å². The predicted octanol–water partition coefficient (Wildman–Crippen LogP) is 5.15. The maximum atomic E-state index is 5.91. The maximum absolute atomic E-state index is 5.91. The first-order valence-corrected chi connectivity index (χ1v) is 8.64. The second-order valence-electron chi connectivity index (χ2n) is 5.96. The SMILES string of the molecule is Cc1cccc(C)c1Nc1nccc(NCCc2ccc(Cl)cc2)n1. The summed E-state index contributed by atoms with van der Waals surface area (Å²) in [4.78, 5) is 8.86. The highest BCUT2D eigenvalue weighted by Gasteiger charge is 2.05. The standard InChI is InChI=1S/C20H21ClN4/c1-14-4-3-5-15(2)19(14)25-20-23-13-11-18(24-20)22-12-10-16-6-8-17(21)9-7-16/h3-9,11,13H,10,12H2,1-2H3,(H2,22,23,24,25). The zero-order valence-corrected chi connectivity index (χ0v) is 15.1. The zero-order valence-electron chi connectivity index (χ0n) is 14.4. The van der Waals surface area contributed by atoms with Crippen LogP contribution in [-0.2, 0) is 6.42 Å². The molecule has 0 bridgehead atoms. The van der Waals surface area contributed by atoms with Crippen LogP contribution in [0, 0.1) is 13.8 Å². The van der Waals surface area contributed by atoms with Crippen molar-refractivity contribution in [2.24, 2.45) is 0 Å². The van der Waals surface area contributed by atoms with Gasteiger partial charge in [0, 0.05) is 23.5 Å². The largest absolute Gasteiger partial charge is 0.370 e.